The van der Waals surface area contributed by atoms with E-state index >= 15 is 0 Å². The average Bonchev–Trinajstić information content (AvgIpc) is 3.28. The van der Waals surface area contributed by atoms with E-state index in [1.807, 2.05) is 11.6 Å². The Bertz CT molecular complexity index is 1120. The van der Waals surface area contributed by atoms with Crippen LogP contribution >= 0.6 is 11.3 Å². The third-order valence-corrected chi connectivity index (χ3v) is 5.94. The Morgan fingerprint density at radius 2 is 1.96 bits per heavy atom. The second-order valence-corrected chi connectivity index (χ2v) is 7.46. The average molecular weight is 350 g/mol. The van der Waals surface area contributed by atoms with Gasteiger partial charge in [-0.1, -0.05) is 6.07 Å². The molecule has 3 aromatic heterocycles. The standard InChI is InChI=1S/C20H18N2O2S/c23-17-11-18(22-8-2-1-3-9-22)24-19-15(12-25-20(17)19)13-4-5-16-14(10-13)6-7-21-16/h4-7,10-12,21H,1-3,8-9H2. The summed E-state index contributed by atoms with van der Waals surface area (Å²) >= 11 is 1.47. The van der Waals surface area contributed by atoms with Gasteiger partial charge in [-0.05, 0) is 48.4 Å². The van der Waals surface area contributed by atoms with Crippen molar-refractivity contribution in [2.75, 3.05) is 18.0 Å². The van der Waals surface area contributed by atoms with Crippen LogP contribution in [0, 0.1) is 0 Å². The Balaban J connectivity index is 1.67. The second-order valence-electron chi connectivity index (χ2n) is 6.58. The van der Waals surface area contributed by atoms with Gasteiger partial charge in [0.2, 0.25) is 5.43 Å². The SMILES string of the molecule is O=c1cc(N2CCCCC2)oc2c(-c3ccc4[nH]ccc4c3)csc12. The van der Waals surface area contributed by atoms with E-state index in [2.05, 4.69) is 34.1 Å². The first-order chi connectivity index (χ1) is 12.3. The first-order valence-electron chi connectivity index (χ1n) is 8.67. The topological polar surface area (TPSA) is 49.2 Å². The molecule has 1 saturated heterocycles. The maximum Gasteiger partial charge on any atom is 0.204 e. The van der Waals surface area contributed by atoms with Crippen LogP contribution in [0.1, 0.15) is 19.3 Å². The number of anilines is 1. The van der Waals surface area contributed by atoms with Crippen molar-refractivity contribution < 1.29 is 4.42 Å². The van der Waals surface area contributed by atoms with Crippen molar-refractivity contribution in [2.24, 2.45) is 0 Å². The van der Waals surface area contributed by atoms with Crippen molar-refractivity contribution in [3.05, 3.63) is 52.1 Å². The van der Waals surface area contributed by atoms with E-state index in [1.165, 1.54) is 17.8 Å². The number of fused-ring (bicyclic) bond motifs is 2. The summed E-state index contributed by atoms with van der Waals surface area (Å²) in [6.45, 7) is 1.92. The van der Waals surface area contributed by atoms with Crippen molar-refractivity contribution in [3.63, 3.8) is 0 Å². The molecule has 0 saturated carbocycles. The molecule has 0 radical (unpaired) electrons. The Morgan fingerprint density at radius 1 is 1.08 bits per heavy atom. The molecule has 0 amide bonds. The molecule has 4 aromatic rings. The Kier molecular flexibility index (Phi) is 3.41. The van der Waals surface area contributed by atoms with Gasteiger partial charge in [0.05, 0.1) is 0 Å². The van der Waals surface area contributed by atoms with Gasteiger partial charge in [0.1, 0.15) is 4.70 Å². The second kappa shape index (κ2) is 5.77. The largest absolute Gasteiger partial charge is 0.439 e. The predicted octanol–water partition coefficient (Wildman–Crippen LogP) is 4.99. The smallest absolute Gasteiger partial charge is 0.204 e. The van der Waals surface area contributed by atoms with E-state index in [4.69, 9.17) is 4.42 Å². The van der Waals surface area contributed by atoms with Gasteiger partial charge in [0.15, 0.2) is 11.5 Å². The monoisotopic (exact) mass is 350 g/mol. The number of aromatic nitrogens is 1. The van der Waals surface area contributed by atoms with Crippen molar-refractivity contribution in [1.29, 1.82) is 0 Å². The molecule has 1 aromatic carbocycles. The van der Waals surface area contributed by atoms with Gasteiger partial charge in [0.25, 0.3) is 0 Å². The van der Waals surface area contributed by atoms with E-state index in [1.54, 1.807) is 6.07 Å². The van der Waals surface area contributed by atoms with E-state index in [0.717, 1.165) is 48.0 Å². The van der Waals surface area contributed by atoms with Crippen LogP contribution in [0.2, 0.25) is 0 Å². The molecule has 4 heterocycles. The summed E-state index contributed by atoms with van der Waals surface area (Å²) < 4.78 is 6.93. The van der Waals surface area contributed by atoms with Gasteiger partial charge in [-0.15, -0.1) is 11.3 Å². The third-order valence-electron chi connectivity index (χ3n) is 4.96. The van der Waals surface area contributed by atoms with E-state index in [9.17, 15) is 4.79 Å². The molecule has 25 heavy (non-hydrogen) atoms. The van der Waals surface area contributed by atoms with Crippen LogP contribution in [0.4, 0.5) is 5.88 Å². The minimum absolute atomic E-state index is 0.0563. The molecule has 5 heteroatoms. The maximum atomic E-state index is 12.6. The quantitative estimate of drug-likeness (QED) is 0.554. The maximum absolute atomic E-state index is 12.6. The van der Waals surface area contributed by atoms with Gasteiger partial charge < -0.3 is 14.3 Å². The fourth-order valence-corrected chi connectivity index (χ4v) is 4.53. The van der Waals surface area contributed by atoms with Crippen molar-refractivity contribution in [1.82, 2.24) is 4.98 Å². The molecule has 1 aliphatic heterocycles. The highest BCUT2D eigenvalue weighted by Crippen LogP contribution is 2.35. The molecule has 0 atom stereocenters. The van der Waals surface area contributed by atoms with Crippen LogP contribution in [0.5, 0.6) is 0 Å². The van der Waals surface area contributed by atoms with Crippen LogP contribution in [-0.2, 0) is 0 Å². The molecule has 4 nitrogen and oxygen atoms in total. The highest BCUT2D eigenvalue weighted by molar-refractivity contribution is 7.17. The third kappa shape index (κ3) is 2.46. The number of thiophene rings is 1. The molecule has 5 rings (SSSR count). The fourth-order valence-electron chi connectivity index (χ4n) is 3.62. The molecule has 1 fully saturated rings. The number of piperidine rings is 1. The summed E-state index contributed by atoms with van der Waals surface area (Å²) in [7, 11) is 0. The molecular formula is C20H18N2O2S. The van der Waals surface area contributed by atoms with Crippen LogP contribution in [0.3, 0.4) is 0 Å². The molecule has 0 unspecified atom stereocenters. The lowest BCUT2D eigenvalue weighted by molar-refractivity contribution is 0.513. The zero-order valence-electron chi connectivity index (χ0n) is 13.7. The lowest BCUT2D eigenvalue weighted by Crippen LogP contribution is -2.29. The Hall–Kier alpha value is -2.53. The molecule has 126 valence electrons. The van der Waals surface area contributed by atoms with E-state index in [0.29, 0.717) is 16.2 Å². The number of benzene rings is 1. The summed E-state index contributed by atoms with van der Waals surface area (Å²) in [6.07, 6.45) is 5.50. The molecular weight excluding hydrogens is 332 g/mol. The first kappa shape index (κ1) is 14.8. The van der Waals surface area contributed by atoms with Crippen molar-refractivity contribution in [2.45, 2.75) is 19.3 Å². The normalized spacial score (nSPS) is 15.3. The number of hydrogen-bond acceptors (Lipinski definition) is 4. The van der Waals surface area contributed by atoms with E-state index < -0.39 is 0 Å². The summed E-state index contributed by atoms with van der Waals surface area (Å²) in [5.41, 5.74) is 3.96. The van der Waals surface area contributed by atoms with Crippen LogP contribution in [0.15, 0.2) is 51.1 Å². The molecule has 0 aliphatic carbocycles. The van der Waals surface area contributed by atoms with Gasteiger partial charge in [-0.3, -0.25) is 4.79 Å². The Morgan fingerprint density at radius 3 is 2.84 bits per heavy atom. The Labute approximate surface area is 148 Å². The number of aromatic amines is 1. The highest BCUT2D eigenvalue weighted by atomic mass is 32.1. The molecule has 1 N–H and O–H groups in total. The zero-order valence-corrected chi connectivity index (χ0v) is 14.6. The lowest BCUT2D eigenvalue weighted by Gasteiger charge is -2.26. The van der Waals surface area contributed by atoms with Gasteiger partial charge in [0, 0.05) is 41.8 Å². The van der Waals surface area contributed by atoms with E-state index in [-0.39, 0.29) is 5.43 Å². The zero-order chi connectivity index (χ0) is 16.8. The number of hydrogen-bond donors (Lipinski definition) is 1. The molecule has 0 spiro atoms. The number of rotatable bonds is 2. The van der Waals surface area contributed by atoms with Gasteiger partial charge in [-0.25, -0.2) is 0 Å². The summed E-state index contributed by atoms with van der Waals surface area (Å²) in [4.78, 5) is 18.0. The van der Waals surface area contributed by atoms with Crippen molar-refractivity contribution >= 4 is 38.4 Å². The minimum Gasteiger partial charge on any atom is -0.439 e. The molecule has 1 aliphatic rings. The first-order valence-corrected chi connectivity index (χ1v) is 9.55. The predicted molar refractivity (Wildman–Crippen MR) is 104 cm³/mol. The van der Waals surface area contributed by atoms with Crippen LogP contribution < -0.4 is 10.3 Å². The van der Waals surface area contributed by atoms with Gasteiger partial charge in [-0.2, -0.15) is 0 Å². The molecule has 0 bridgehead atoms. The number of H-pyrrole nitrogens is 1. The highest BCUT2D eigenvalue weighted by Gasteiger charge is 2.18. The van der Waals surface area contributed by atoms with Crippen LogP contribution in [-0.4, -0.2) is 18.1 Å². The van der Waals surface area contributed by atoms with Crippen LogP contribution in [0.25, 0.3) is 32.3 Å². The van der Waals surface area contributed by atoms with Crippen molar-refractivity contribution in [3.8, 4) is 11.1 Å². The lowest BCUT2D eigenvalue weighted by atomic mass is 10.1. The number of nitrogens with one attached hydrogen (secondary N) is 1. The summed E-state index contributed by atoms with van der Waals surface area (Å²) in [6, 6.07) is 10.0. The minimum atomic E-state index is 0.0563. The number of nitrogens with zero attached hydrogens (tertiary/aromatic N) is 1. The fraction of sp³-hybridized carbons (Fsp3) is 0.250. The summed E-state index contributed by atoms with van der Waals surface area (Å²) in [5, 5.41) is 3.19. The summed E-state index contributed by atoms with van der Waals surface area (Å²) in [5.74, 6) is 0.708. The van der Waals surface area contributed by atoms with Gasteiger partial charge >= 0.3 is 0 Å².